The zero-order chi connectivity index (χ0) is 16.7. The summed E-state index contributed by atoms with van der Waals surface area (Å²) < 4.78 is 5.52. The van der Waals surface area contributed by atoms with Crippen molar-refractivity contribution in [3.63, 3.8) is 0 Å². The summed E-state index contributed by atoms with van der Waals surface area (Å²) in [6, 6.07) is 4.41. The van der Waals surface area contributed by atoms with Crippen molar-refractivity contribution in [2.45, 2.75) is 52.3 Å². The molecule has 0 saturated carbocycles. The summed E-state index contributed by atoms with van der Waals surface area (Å²) in [6.07, 6.45) is 4.41. The molecule has 1 atom stereocenters. The van der Waals surface area contributed by atoms with Crippen molar-refractivity contribution in [3.8, 4) is 5.88 Å². The van der Waals surface area contributed by atoms with E-state index in [1.807, 2.05) is 26.0 Å². The largest absolute Gasteiger partial charge is 0.475 e. The Morgan fingerprint density at radius 1 is 1.50 bits per heavy atom. The average Bonchev–Trinajstić information content (AvgIpc) is 2.99. The number of likely N-dealkylation sites (tertiary alicyclic amines) is 1. The van der Waals surface area contributed by atoms with Crippen LogP contribution in [0.4, 0.5) is 0 Å². The van der Waals surface area contributed by atoms with Gasteiger partial charge in [-0.2, -0.15) is 0 Å². The first-order chi connectivity index (χ1) is 11.1. The normalized spacial score (nSPS) is 18.5. The van der Waals surface area contributed by atoms with Crippen molar-refractivity contribution in [1.82, 2.24) is 15.2 Å². The zero-order valence-corrected chi connectivity index (χ0v) is 17.2. The van der Waals surface area contributed by atoms with E-state index in [0.29, 0.717) is 24.4 Å². The molecule has 1 unspecified atom stereocenters. The van der Waals surface area contributed by atoms with Crippen LogP contribution in [0.5, 0.6) is 5.88 Å². The second-order valence-electron chi connectivity index (χ2n) is 6.18. The van der Waals surface area contributed by atoms with Crippen molar-refractivity contribution in [2.24, 2.45) is 10.7 Å². The Bertz CT molecular complexity index is 506. The summed E-state index contributed by atoms with van der Waals surface area (Å²) in [5.41, 5.74) is 6.97. The molecule has 0 aromatic carbocycles. The van der Waals surface area contributed by atoms with Crippen LogP contribution in [0.25, 0.3) is 0 Å². The van der Waals surface area contributed by atoms with E-state index >= 15 is 0 Å². The van der Waals surface area contributed by atoms with Gasteiger partial charge >= 0.3 is 0 Å². The SMILES string of the molecule is CCN1CCCC1CNC(N)=NCc1ccc(OC(C)C)nc1.I. The lowest BCUT2D eigenvalue weighted by Gasteiger charge is -2.23. The van der Waals surface area contributed by atoms with Crippen LogP contribution in [0.3, 0.4) is 0 Å². The number of nitrogens with zero attached hydrogens (tertiary/aromatic N) is 3. The molecule has 1 aliphatic rings. The van der Waals surface area contributed by atoms with Gasteiger partial charge < -0.3 is 15.8 Å². The number of guanidine groups is 1. The van der Waals surface area contributed by atoms with Gasteiger partial charge in [0.15, 0.2) is 5.96 Å². The number of aliphatic imine (C=N–C) groups is 1. The lowest BCUT2D eigenvalue weighted by atomic mass is 10.2. The van der Waals surface area contributed by atoms with E-state index in [-0.39, 0.29) is 30.1 Å². The number of nitrogens with two attached hydrogens (primary N) is 1. The van der Waals surface area contributed by atoms with Crippen molar-refractivity contribution < 1.29 is 4.74 Å². The maximum atomic E-state index is 5.96. The predicted octanol–water partition coefficient (Wildman–Crippen LogP) is 2.38. The number of rotatable bonds is 7. The molecule has 2 heterocycles. The molecule has 2 rings (SSSR count). The molecular formula is C17H30IN5O. The third-order valence-corrected chi connectivity index (χ3v) is 4.01. The Hall–Kier alpha value is -1.09. The van der Waals surface area contributed by atoms with Crippen LogP contribution >= 0.6 is 24.0 Å². The van der Waals surface area contributed by atoms with E-state index in [0.717, 1.165) is 18.7 Å². The Labute approximate surface area is 162 Å². The number of halogens is 1. The first-order valence-electron chi connectivity index (χ1n) is 8.48. The summed E-state index contributed by atoms with van der Waals surface area (Å²) >= 11 is 0. The summed E-state index contributed by atoms with van der Waals surface area (Å²) in [4.78, 5) is 11.1. The van der Waals surface area contributed by atoms with E-state index in [1.165, 1.54) is 19.4 Å². The van der Waals surface area contributed by atoms with E-state index in [2.05, 4.69) is 27.1 Å². The lowest BCUT2D eigenvalue weighted by molar-refractivity contribution is 0.232. The maximum absolute atomic E-state index is 5.96. The molecule has 0 amide bonds. The topological polar surface area (TPSA) is 75.8 Å². The molecule has 6 nitrogen and oxygen atoms in total. The van der Waals surface area contributed by atoms with Gasteiger partial charge in [-0.15, -0.1) is 24.0 Å². The Morgan fingerprint density at radius 2 is 2.29 bits per heavy atom. The maximum Gasteiger partial charge on any atom is 0.213 e. The number of nitrogens with one attached hydrogen (secondary N) is 1. The first kappa shape index (κ1) is 21.0. The average molecular weight is 447 g/mol. The zero-order valence-electron chi connectivity index (χ0n) is 14.9. The van der Waals surface area contributed by atoms with Crippen LogP contribution in [0.1, 0.15) is 39.2 Å². The molecule has 7 heteroatoms. The van der Waals surface area contributed by atoms with Crippen LogP contribution in [0, 0.1) is 0 Å². The Kier molecular flexibility index (Phi) is 9.35. The van der Waals surface area contributed by atoms with Gasteiger partial charge in [-0.3, -0.25) is 4.90 Å². The number of pyridine rings is 1. The highest BCUT2D eigenvalue weighted by Crippen LogP contribution is 2.15. The van der Waals surface area contributed by atoms with Crippen molar-refractivity contribution in [2.75, 3.05) is 19.6 Å². The molecule has 3 N–H and O–H groups in total. The quantitative estimate of drug-likeness (QED) is 0.382. The molecule has 1 saturated heterocycles. The van der Waals surface area contributed by atoms with Gasteiger partial charge in [0, 0.05) is 24.8 Å². The molecule has 24 heavy (non-hydrogen) atoms. The van der Waals surface area contributed by atoms with E-state index in [4.69, 9.17) is 10.5 Å². The molecule has 1 aromatic heterocycles. The van der Waals surface area contributed by atoms with Crippen LogP contribution < -0.4 is 15.8 Å². The third-order valence-electron chi connectivity index (χ3n) is 4.01. The summed E-state index contributed by atoms with van der Waals surface area (Å²) in [5, 5.41) is 3.24. The fourth-order valence-corrected chi connectivity index (χ4v) is 2.81. The highest BCUT2D eigenvalue weighted by molar-refractivity contribution is 14.0. The summed E-state index contributed by atoms with van der Waals surface area (Å²) in [6.45, 7) is 9.84. The van der Waals surface area contributed by atoms with Gasteiger partial charge in [-0.25, -0.2) is 9.98 Å². The third kappa shape index (κ3) is 6.80. The van der Waals surface area contributed by atoms with E-state index in [1.54, 1.807) is 6.20 Å². The van der Waals surface area contributed by atoms with Crippen LogP contribution in [-0.2, 0) is 6.54 Å². The molecule has 0 bridgehead atoms. The van der Waals surface area contributed by atoms with Crippen molar-refractivity contribution in [3.05, 3.63) is 23.9 Å². The summed E-state index contributed by atoms with van der Waals surface area (Å²) in [5.74, 6) is 1.13. The van der Waals surface area contributed by atoms with Gasteiger partial charge in [0.05, 0.1) is 12.6 Å². The van der Waals surface area contributed by atoms with Crippen LogP contribution in [0.15, 0.2) is 23.3 Å². The van der Waals surface area contributed by atoms with Crippen molar-refractivity contribution in [1.29, 1.82) is 0 Å². The van der Waals surface area contributed by atoms with Crippen molar-refractivity contribution >= 4 is 29.9 Å². The van der Waals surface area contributed by atoms with Gasteiger partial charge in [-0.1, -0.05) is 13.0 Å². The first-order valence-corrected chi connectivity index (χ1v) is 8.48. The van der Waals surface area contributed by atoms with Crippen LogP contribution in [-0.4, -0.2) is 47.6 Å². The number of aromatic nitrogens is 1. The Balaban J connectivity index is 0.00000288. The molecule has 0 aliphatic carbocycles. The lowest BCUT2D eigenvalue weighted by Crippen LogP contribution is -2.42. The molecule has 1 fully saturated rings. The number of ether oxygens (including phenoxy) is 1. The Morgan fingerprint density at radius 3 is 2.92 bits per heavy atom. The summed E-state index contributed by atoms with van der Waals surface area (Å²) in [7, 11) is 0. The highest BCUT2D eigenvalue weighted by Gasteiger charge is 2.22. The van der Waals surface area contributed by atoms with Gasteiger partial charge in [0.1, 0.15) is 0 Å². The standard InChI is InChI=1S/C17H29N5O.HI/c1-4-22-9-5-6-15(22)12-21-17(18)20-11-14-7-8-16(19-10-14)23-13(2)3;/h7-8,10,13,15H,4-6,9,11-12H2,1-3H3,(H3,18,20,21);1H. The van der Waals surface area contributed by atoms with E-state index in [9.17, 15) is 0 Å². The smallest absolute Gasteiger partial charge is 0.213 e. The molecule has 1 aromatic rings. The monoisotopic (exact) mass is 447 g/mol. The molecular weight excluding hydrogens is 417 g/mol. The number of likely N-dealkylation sites (N-methyl/N-ethyl adjacent to an activating group) is 1. The fraction of sp³-hybridized carbons (Fsp3) is 0.647. The van der Waals surface area contributed by atoms with Gasteiger partial charge in [0.2, 0.25) is 5.88 Å². The molecule has 136 valence electrons. The second-order valence-corrected chi connectivity index (χ2v) is 6.18. The molecule has 0 spiro atoms. The molecule has 1 aliphatic heterocycles. The predicted molar refractivity (Wildman–Crippen MR) is 109 cm³/mol. The highest BCUT2D eigenvalue weighted by atomic mass is 127. The fourth-order valence-electron chi connectivity index (χ4n) is 2.81. The van der Waals surface area contributed by atoms with Gasteiger partial charge in [0.25, 0.3) is 0 Å². The minimum Gasteiger partial charge on any atom is -0.475 e. The van der Waals surface area contributed by atoms with Gasteiger partial charge in [-0.05, 0) is 45.3 Å². The molecule has 0 radical (unpaired) electrons. The van der Waals surface area contributed by atoms with Crippen LogP contribution in [0.2, 0.25) is 0 Å². The van der Waals surface area contributed by atoms with E-state index < -0.39 is 0 Å². The second kappa shape index (κ2) is 10.7. The minimum absolute atomic E-state index is 0. The minimum atomic E-state index is 0. The number of hydrogen-bond donors (Lipinski definition) is 2. The number of hydrogen-bond acceptors (Lipinski definition) is 4.